The molecule has 23 heavy (non-hydrogen) atoms. The first-order valence-electron chi connectivity index (χ1n) is 7.03. The van der Waals surface area contributed by atoms with Gasteiger partial charge in [-0.05, 0) is 20.8 Å². The Morgan fingerprint density at radius 2 is 2.09 bits per heavy atom. The molecule has 1 rings (SSSR count). The minimum absolute atomic E-state index is 0.00861. The zero-order valence-corrected chi connectivity index (χ0v) is 13.4. The summed E-state index contributed by atoms with van der Waals surface area (Å²) in [7, 11) is 1.17. The lowest BCUT2D eigenvalue weighted by Crippen LogP contribution is -2.41. The van der Waals surface area contributed by atoms with Crippen LogP contribution in [0.2, 0.25) is 0 Å². The Bertz CT molecular complexity index is 604. The summed E-state index contributed by atoms with van der Waals surface area (Å²) < 4.78 is 9.46. The topological polar surface area (TPSA) is 112 Å². The number of rotatable bonds is 7. The van der Waals surface area contributed by atoms with Crippen LogP contribution in [0.15, 0.2) is 12.3 Å². The molecule has 1 aromatic rings. The van der Waals surface area contributed by atoms with Crippen molar-refractivity contribution in [2.75, 3.05) is 25.2 Å². The molecule has 1 aromatic heterocycles. The van der Waals surface area contributed by atoms with Crippen molar-refractivity contribution in [2.45, 2.75) is 26.8 Å². The molecule has 126 valence electrons. The van der Waals surface area contributed by atoms with E-state index in [1.165, 1.54) is 18.2 Å². The number of hydrogen-bond donors (Lipinski definition) is 0. The van der Waals surface area contributed by atoms with Gasteiger partial charge in [0.1, 0.15) is 6.04 Å². The Morgan fingerprint density at radius 3 is 2.57 bits per heavy atom. The number of anilines is 1. The zero-order chi connectivity index (χ0) is 17.6. The van der Waals surface area contributed by atoms with Crippen LogP contribution >= 0.6 is 0 Å². The molecule has 1 heterocycles. The standard InChI is InChI=1S/C14H19N3O6/c1-5-16(9(3)13(18)23-6-2)12-11(17(20)21)7-10(8-15-12)14(19)22-4/h7-9H,5-6H2,1-4H3. The Balaban J connectivity index is 3.30. The minimum Gasteiger partial charge on any atom is -0.465 e. The molecule has 0 spiro atoms. The third-order valence-corrected chi connectivity index (χ3v) is 3.17. The molecule has 1 unspecified atom stereocenters. The number of ether oxygens (including phenoxy) is 2. The molecule has 0 N–H and O–H groups in total. The average molecular weight is 325 g/mol. The number of hydrogen-bond acceptors (Lipinski definition) is 8. The maximum absolute atomic E-state index is 11.9. The smallest absolute Gasteiger partial charge is 0.339 e. The van der Waals surface area contributed by atoms with Crippen LogP contribution in [-0.2, 0) is 14.3 Å². The van der Waals surface area contributed by atoms with Crippen LogP contribution in [0.25, 0.3) is 0 Å². The lowest BCUT2D eigenvalue weighted by Gasteiger charge is -2.27. The first kappa shape index (κ1) is 18.3. The molecule has 1 atom stereocenters. The third kappa shape index (κ3) is 4.15. The number of likely N-dealkylation sites (N-methyl/N-ethyl adjacent to an activating group) is 1. The van der Waals surface area contributed by atoms with Crippen LogP contribution in [0.3, 0.4) is 0 Å². The van der Waals surface area contributed by atoms with Crippen LogP contribution in [0, 0.1) is 10.1 Å². The molecule has 0 aliphatic rings. The monoisotopic (exact) mass is 325 g/mol. The molecular weight excluding hydrogens is 306 g/mol. The largest absolute Gasteiger partial charge is 0.465 e. The summed E-state index contributed by atoms with van der Waals surface area (Å²) in [6.07, 6.45) is 1.18. The number of carbonyl (C=O) groups is 2. The summed E-state index contributed by atoms with van der Waals surface area (Å²) in [4.78, 5) is 39.4. The van der Waals surface area contributed by atoms with Gasteiger partial charge in [-0.1, -0.05) is 0 Å². The van der Waals surface area contributed by atoms with E-state index in [1.54, 1.807) is 20.8 Å². The van der Waals surface area contributed by atoms with E-state index in [2.05, 4.69) is 9.72 Å². The van der Waals surface area contributed by atoms with E-state index in [4.69, 9.17) is 4.74 Å². The molecule has 0 aliphatic heterocycles. The molecule has 0 radical (unpaired) electrons. The van der Waals surface area contributed by atoms with E-state index in [0.717, 1.165) is 6.07 Å². The molecule has 0 fully saturated rings. The Morgan fingerprint density at radius 1 is 1.43 bits per heavy atom. The summed E-state index contributed by atoms with van der Waals surface area (Å²) in [6, 6.07) is 0.324. The van der Waals surface area contributed by atoms with Crippen molar-refractivity contribution in [3.8, 4) is 0 Å². The average Bonchev–Trinajstić information content (AvgIpc) is 2.54. The Hall–Kier alpha value is -2.71. The number of carbonyl (C=O) groups excluding carboxylic acids is 2. The van der Waals surface area contributed by atoms with Gasteiger partial charge in [0.15, 0.2) is 0 Å². The summed E-state index contributed by atoms with van der Waals surface area (Å²) in [5, 5.41) is 11.3. The number of aromatic nitrogens is 1. The van der Waals surface area contributed by atoms with Crippen LogP contribution in [0.1, 0.15) is 31.1 Å². The lowest BCUT2D eigenvalue weighted by molar-refractivity contribution is -0.384. The highest BCUT2D eigenvalue weighted by Gasteiger charge is 2.29. The SMILES string of the molecule is CCOC(=O)C(C)N(CC)c1ncc(C(=O)OC)cc1[N+](=O)[O-]. The first-order valence-corrected chi connectivity index (χ1v) is 7.03. The minimum atomic E-state index is -0.755. The van der Waals surface area contributed by atoms with Gasteiger partial charge in [0.05, 0.1) is 24.2 Å². The molecule has 9 nitrogen and oxygen atoms in total. The molecule has 0 aromatic carbocycles. The van der Waals surface area contributed by atoms with E-state index >= 15 is 0 Å². The van der Waals surface area contributed by atoms with Crippen LogP contribution < -0.4 is 4.90 Å². The van der Waals surface area contributed by atoms with Crippen molar-refractivity contribution >= 4 is 23.4 Å². The van der Waals surface area contributed by atoms with Gasteiger partial charge in [-0.15, -0.1) is 0 Å². The van der Waals surface area contributed by atoms with E-state index in [0.29, 0.717) is 6.54 Å². The van der Waals surface area contributed by atoms with Gasteiger partial charge in [0.25, 0.3) is 0 Å². The fourth-order valence-electron chi connectivity index (χ4n) is 2.03. The van der Waals surface area contributed by atoms with Gasteiger partial charge >= 0.3 is 17.6 Å². The van der Waals surface area contributed by atoms with E-state index in [1.807, 2.05) is 0 Å². The van der Waals surface area contributed by atoms with Crippen molar-refractivity contribution < 1.29 is 24.0 Å². The molecule has 0 amide bonds. The maximum Gasteiger partial charge on any atom is 0.339 e. The van der Waals surface area contributed by atoms with Crippen LogP contribution in [0.5, 0.6) is 0 Å². The van der Waals surface area contributed by atoms with E-state index in [-0.39, 0.29) is 23.7 Å². The number of pyridine rings is 1. The van der Waals surface area contributed by atoms with E-state index in [9.17, 15) is 19.7 Å². The maximum atomic E-state index is 11.9. The van der Waals surface area contributed by atoms with Crippen molar-refractivity contribution in [2.24, 2.45) is 0 Å². The molecular formula is C14H19N3O6. The van der Waals surface area contributed by atoms with Crippen molar-refractivity contribution in [3.63, 3.8) is 0 Å². The number of nitro groups is 1. The van der Waals surface area contributed by atoms with E-state index < -0.39 is 22.9 Å². The lowest BCUT2D eigenvalue weighted by atomic mass is 10.2. The predicted molar refractivity (Wildman–Crippen MR) is 81.3 cm³/mol. The highest BCUT2D eigenvalue weighted by Crippen LogP contribution is 2.28. The molecule has 0 saturated heterocycles. The van der Waals surface area contributed by atoms with Crippen molar-refractivity contribution in [3.05, 3.63) is 27.9 Å². The number of methoxy groups -OCH3 is 1. The second kappa shape index (κ2) is 8.06. The van der Waals surface area contributed by atoms with Gasteiger partial charge in [0, 0.05) is 18.8 Å². The second-order valence-electron chi connectivity index (χ2n) is 4.53. The third-order valence-electron chi connectivity index (χ3n) is 3.17. The summed E-state index contributed by atoms with van der Waals surface area (Å²) >= 11 is 0. The molecule has 0 saturated carbocycles. The normalized spacial score (nSPS) is 11.5. The van der Waals surface area contributed by atoms with Crippen molar-refractivity contribution in [1.29, 1.82) is 0 Å². The fraction of sp³-hybridized carbons (Fsp3) is 0.500. The highest BCUT2D eigenvalue weighted by atomic mass is 16.6. The Labute approximate surface area is 133 Å². The zero-order valence-electron chi connectivity index (χ0n) is 13.4. The number of esters is 2. The van der Waals surface area contributed by atoms with Gasteiger partial charge in [-0.3, -0.25) is 10.1 Å². The molecule has 9 heteroatoms. The first-order chi connectivity index (χ1) is 10.9. The second-order valence-corrected chi connectivity index (χ2v) is 4.53. The number of nitrogens with zero attached hydrogens (tertiary/aromatic N) is 3. The van der Waals surface area contributed by atoms with Gasteiger partial charge < -0.3 is 14.4 Å². The van der Waals surface area contributed by atoms with Crippen LogP contribution in [-0.4, -0.2) is 48.1 Å². The van der Waals surface area contributed by atoms with Crippen LogP contribution in [0.4, 0.5) is 11.5 Å². The highest BCUT2D eigenvalue weighted by molar-refractivity contribution is 5.90. The summed E-state index contributed by atoms with van der Waals surface area (Å²) in [5.74, 6) is -1.25. The van der Waals surface area contributed by atoms with Gasteiger partial charge in [0.2, 0.25) is 5.82 Å². The van der Waals surface area contributed by atoms with Gasteiger partial charge in [-0.2, -0.15) is 0 Å². The molecule has 0 bridgehead atoms. The molecule has 0 aliphatic carbocycles. The predicted octanol–water partition coefficient (Wildman–Crippen LogP) is 1.55. The fourth-order valence-corrected chi connectivity index (χ4v) is 2.03. The summed E-state index contributed by atoms with van der Waals surface area (Å²) in [6.45, 7) is 5.48. The van der Waals surface area contributed by atoms with Crippen molar-refractivity contribution in [1.82, 2.24) is 4.98 Å². The van der Waals surface area contributed by atoms with Gasteiger partial charge in [-0.25, -0.2) is 14.6 Å². The quantitative estimate of drug-likeness (QED) is 0.422. The summed E-state index contributed by atoms with van der Waals surface area (Å²) in [5.41, 5.74) is -0.423. The Kier molecular flexibility index (Phi) is 6.43.